The molecule has 0 bridgehead atoms. The van der Waals surface area contributed by atoms with Crippen molar-refractivity contribution in [2.24, 2.45) is 0 Å². The molecule has 2 atom stereocenters. The SMILES string of the molecule is CCCCN(C(=O)C(C#N)c1ccccc1)C(C)CC. The number of unbranched alkanes of at least 4 members (excludes halogenated alkanes) is 1. The van der Waals surface area contributed by atoms with Gasteiger partial charge in [0.15, 0.2) is 0 Å². The molecule has 2 unspecified atom stereocenters. The molecule has 1 aromatic rings. The Kier molecular flexibility index (Phi) is 6.79. The van der Waals surface area contributed by atoms with Crippen LogP contribution >= 0.6 is 0 Å². The fourth-order valence-corrected chi connectivity index (χ4v) is 2.18. The molecule has 0 saturated carbocycles. The Labute approximate surface area is 122 Å². The van der Waals surface area contributed by atoms with Gasteiger partial charge in [-0.1, -0.05) is 50.6 Å². The van der Waals surface area contributed by atoms with Crippen LogP contribution < -0.4 is 0 Å². The van der Waals surface area contributed by atoms with Crippen molar-refractivity contribution in [1.29, 1.82) is 5.26 Å². The second-order valence-electron chi connectivity index (χ2n) is 5.12. The number of nitrogens with zero attached hydrogens (tertiary/aromatic N) is 2. The first-order chi connectivity index (χ1) is 9.65. The third-order valence-corrected chi connectivity index (χ3v) is 3.67. The summed E-state index contributed by atoms with van der Waals surface area (Å²) in [6.07, 6.45) is 2.92. The summed E-state index contributed by atoms with van der Waals surface area (Å²) in [5, 5.41) is 9.38. The van der Waals surface area contributed by atoms with Crippen LogP contribution in [0.4, 0.5) is 0 Å². The van der Waals surface area contributed by atoms with Crippen molar-refractivity contribution in [2.75, 3.05) is 6.54 Å². The van der Waals surface area contributed by atoms with Crippen LogP contribution in [-0.2, 0) is 4.79 Å². The van der Waals surface area contributed by atoms with Gasteiger partial charge in [-0.05, 0) is 25.3 Å². The number of carbonyl (C=O) groups excluding carboxylic acids is 1. The topological polar surface area (TPSA) is 44.1 Å². The predicted octanol–water partition coefficient (Wildman–Crippen LogP) is 3.72. The monoisotopic (exact) mass is 272 g/mol. The van der Waals surface area contributed by atoms with Gasteiger partial charge in [-0.3, -0.25) is 4.79 Å². The van der Waals surface area contributed by atoms with E-state index in [-0.39, 0.29) is 11.9 Å². The lowest BCUT2D eigenvalue weighted by atomic mass is 9.98. The molecule has 1 rings (SSSR count). The summed E-state index contributed by atoms with van der Waals surface area (Å²) in [5.41, 5.74) is 0.782. The lowest BCUT2D eigenvalue weighted by Crippen LogP contribution is -2.41. The quantitative estimate of drug-likeness (QED) is 0.759. The maximum atomic E-state index is 12.7. The molecule has 0 aliphatic carbocycles. The number of rotatable bonds is 7. The van der Waals surface area contributed by atoms with E-state index in [0.717, 1.165) is 31.4 Å². The molecule has 3 heteroatoms. The minimum absolute atomic E-state index is 0.0681. The molecule has 1 amide bonds. The molecule has 20 heavy (non-hydrogen) atoms. The first kappa shape index (κ1) is 16.2. The summed E-state index contributed by atoms with van der Waals surface area (Å²) in [6.45, 7) is 6.96. The lowest BCUT2D eigenvalue weighted by Gasteiger charge is -2.30. The zero-order valence-electron chi connectivity index (χ0n) is 12.7. The van der Waals surface area contributed by atoms with Crippen LogP contribution in [0.5, 0.6) is 0 Å². The Morgan fingerprint density at radius 3 is 2.45 bits per heavy atom. The van der Waals surface area contributed by atoms with Crippen molar-refractivity contribution < 1.29 is 4.79 Å². The maximum absolute atomic E-state index is 12.7. The molecule has 0 aliphatic rings. The zero-order valence-corrected chi connectivity index (χ0v) is 12.7. The number of hydrogen-bond acceptors (Lipinski definition) is 2. The van der Waals surface area contributed by atoms with Crippen molar-refractivity contribution in [2.45, 2.75) is 52.0 Å². The van der Waals surface area contributed by atoms with Crippen LogP contribution in [0.25, 0.3) is 0 Å². The van der Waals surface area contributed by atoms with Crippen molar-refractivity contribution in [3.05, 3.63) is 35.9 Å². The first-order valence-electron chi connectivity index (χ1n) is 7.40. The number of hydrogen-bond donors (Lipinski definition) is 0. The summed E-state index contributed by atoms with van der Waals surface area (Å²) in [6, 6.07) is 11.7. The number of nitriles is 1. The number of amides is 1. The molecule has 0 aromatic heterocycles. The van der Waals surface area contributed by atoms with Crippen LogP contribution in [0.3, 0.4) is 0 Å². The van der Waals surface area contributed by atoms with Gasteiger partial charge >= 0.3 is 0 Å². The van der Waals surface area contributed by atoms with E-state index in [1.165, 1.54) is 0 Å². The third-order valence-electron chi connectivity index (χ3n) is 3.67. The lowest BCUT2D eigenvalue weighted by molar-refractivity contribution is -0.133. The van der Waals surface area contributed by atoms with Gasteiger partial charge in [0, 0.05) is 12.6 Å². The highest BCUT2D eigenvalue weighted by atomic mass is 16.2. The molecule has 0 fully saturated rings. The van der Waals surface area contributed by atoms with E-state index in [4.69, 9.17) is 0 Å². The van der Waals surface area contributed by atoms with Gasteiger partial charge in [-0.15, -0.1) is 0 Å². The molecule has 0 radical (unpaired) electrons. The van der Waals surface area contributed by atoms with E-state index in [0.29, 0.717) is 0 Å². The average molecular weight is 272 g/mol. The zero-order chi connectivity index (χ0) is 15.0. The Balaban J connectivity index is 2.94. The van der Waals surface area contributed by atoms with Crippen molar-refractivity contribution in [1.82, 2.24) is 4.90 Å². The van der Waals surface area contributed by atoms with Crippen LogP contribution in [-0.4, -0.2) is 23.4 Å². The standard InChI is InChI=1S/C17H24N2O/c1-4-6-12-19(14(3)5-2)17(20)16(13-18)15-10-8-7-9-11-15/h7-11,14,16H,4-6,12H2,1-3H3. The van der Waals surface area contributed by atoms with Gasteiger partial charge in [0.2, 0.25) is 5.91 Å². The molecular weight excluding hydrogens is 248 g/mol. The highest BCUT2D eigenvalue weighted by Crippen LogP contribution is 2.20. The van der Waals surface area contributed by atoms with E-state index in [1.54, 1.807) is 0 Å². The predicted molar refractivity (Wildman–Crippen MR) is 81.2 cm³/mol. The molecule has 0 N–H and O–H groups in total. The van der Waals surface area contributed by atoms with Gasteiger partial charge in [-0.25, -0.2) is 0 Å². The molecule has 0 spiro atoms. The normalized spacial score (nSPS) is 13.3. The molecule has 108 valence electrons. The van der Waals surface area contributed by atoms with E-state index in [9.17, 15) is 10.1 Å². The molecule has 3 nitrogen and oxygen atoms in total. The highest BCUT2D eigenvalue weighted by molar-refractivity contribution is 5.86. The summed E-state index contributed by atoms with van der Waals surface area (Å²) in [4.78, 5) is 14.6. The van der Waals surface area contributed by atoms with Gasteiger partial charge in [0.25, 0.3) is 0 Å². The van der Waals surface area contributed by atoms with Crippen LogP contribution in [0, 0.1) is 11.3 Å². The number of carbonyl (C=O) groups is 1. The van der Waals surface area contributed by atoms with Crippen molar-refractivity contribution in [3.8, 4) is 6.07 Å². The Hall–Kier alpha value is -1.82. The number of benzene rings is 1. The van der Waals surface area contributed by atoms with Crippen LogP contribution in [0.2, 0.25) is 0 Å². The van der Waals surface area contributed by atoms with Gasteiger partial charge in [0.1, 0.15) is 5.92 Å². The second kappa shape index (κ2) is 8.37. The minimum Gasteiger partial charge on any atom is -0.339 e. The smallest absolute Gasteiger partial charge is 0.244 e. The van der Waals surface area contributed by atoms with Crippen molar-refractivity contribution in [3.63, 3.8) is 0 Å². The fraction of sp³-hybridized carbons (Fsp3) is 0.529. The summed E-state index contributed by atoms with van der Waals surface area (Å²) >= 11 is 0. The minimum atomic E-state index is -0.693. The first-order valence-corrected chi connectivity index (χ1v) is 7.40. The molecule has 0 aliphatic heterocycles. The van der Waals surface area contributed by atoms with Crippen LogP contribution in [0.1, 0.15) is 51.5 Å². The molecular formula is C17H24N2O. The summed E-state index contributed by atoms with van der Waals surface area (Å²) in [7, 11) is 0. The second-order valence-corrected chi connectivity index (χ2v) is 5.12. The third kappa shape index (κ3) is 4.09. The summed E-state index contributed by atoms with van der Waals surface area (Å²) in [5.74, 6) is -0.761. The van der Waals surface area contributed by atoms with E-state index in [1.807, 2.05) is 42.2 Å². The summed E-state index contributed by atoms with van der Waals surface area (Å²) < 4.78 is 0. The molecule has 0 saturated heterocycles. The fourth-order valence-electron chi connectivity index (χ4n) is 2.18. The average Bonchev–Trinajstić information content (AvgIpc) is 2.49. The van der Waals surface area contributed by atoms with Gasteiger partial charge in [0.05, 0.1) is 6.07 Å². The largest absolute Gasteiger partial charge is 0.339 e. The van der Waals surface area contributed by atoms with Crippen molar-refractivity contribution >= 4 is 5.91 Å². The van der Waals surface area contributed by atoms with E-state index < -0.39 is 5.92 Å². The van der Waals surface area contributed by atoms with Gasteiger partial charge in [-0.2, -0.15) is 5.26 Å². The maximum Gasteiger partial charge on any atom is 0.244 e. The molecule has 1 aromatic carbocycles. The van der Waals surface area contributed by atoms with Crippen LogP contribution in [0.15, 0.2) is 30.3 Å². The Morgan fingerprint density at radius 2 is 1.95 bits per heavy atom. The van der Waals surface area contributed by atoms with E-state index >= 15 is 0 Å². The Bertz CT molecular complexity index is 450. The Morgan fingerprint density at radius 1 is 1.30 bits per heavy atom. The van der Waals surface area contributed by atoms with E-state index in [2.05, 4.69) is 19.9 Å². The highest BCUT2D eigenvalue weighted by Gasteiger charge is 2.27. The van der Waals surface area contributed by atoms with Gasteiger partial charge < -0.3 is 4.90 Å². The molecule has 0 heterocycles.